The van der Waals surface area contributed by atoms with E-state index in [2.05, 4.69) is 10.3 Å². The molecule has 158 valence electrons. The standard InChI is InChI=1S/C22H19N3O3S3/c26-20(24-21(19-12-7-14-29-19)17-8-3-1-4-9-17)16-25(22-23-13-15-30-22)31(27,28)18-10-5-2-6-11-18/h1-15,21H,16H2,(H,24,26)/t21-/m1/s1. The number of benzene rings is 2. The molecule has 0 aliphatic carbocycles. The molecule has 0 unspecified atom stereocenters. The van der Waals surface area contributed by atoms with E-state index in [9.17, 15) is 13.2 Å². The first-order valence-electron chi connectivity index (χ1n) is 9.41. The average Bonchev–Trinajstić information content (AvgIpc) is 3.51. The number of aromatic nitrogens is 1. The first kappa shape index (κ1) is 21.2. The van der Waals surface area contributed by atoms with Gasteiger partial charge in [0, 0.05) is 16.5 Å². The molecule has 1 atom stereocenters. The number of hydrogen-bond acceptors (Lipinski definition) is 6. The Balaban J connectivity index is 1.62. The van der Waals surface area contributed by atoms with Crippen molar-refractivity contribution in [2.45, 2.75) is 10.9 Å². The maximum absolute atomic E-state index is 13.3. The van der Waals surface area contributed by atoms with E-state index in [1.165, 1.54) is 41.0 Å². The highest BCUT2D eigenvalue weighted by molar-refractivity contribution is 7.93. The number of sulfonamides is 1. The van der Waals surface area contributed by atoms with E-state index in [1.54, 1.807) is 23.6 Å². The zero-order valence-electron chi connectivity index (χ0n) is 16.3. The normalized spacial score (nSPS) is 12.3. The lowest BCUT2D eigenvalue weighted by Crippen LogP contribution is -2.42. The predicted octanol–water partition coefficient (Wildman–Crippen LogP) is 4.31. The van der Waals surface area contributed by atoms with Crippen LogP contribution in [0.2, 0.25) is 0 Å². The Morgan fingerprint density at radius 2 is 1.65 bits per heavy atom. The monoisotopic (exact) mass is 469 g/mol. The number of nitrogens with zero attached hydrogens (tertiary/aromatic N) is 2. The second-order valence-corrected chi connectivity index (χ2v) is 10.3. The van der Waals surface area contributed by atoms with Crippen molar-refractivity contribution in [2.75, 3.05) is 10.8 Å². The van der Waals surface area contributed by atoms with Crippen molar-refractivity contribution in [1.29, 1.82) is 0 Å². The molecule has 4 rings (SSSR count). The van der Waals surface area contributed by atoms with Crippen LogP contribution in [0, 0.1) is 0 Å². The average molecular weight is 470 g/mol. The zero-order chi connectivity index (χ0) is 21.7. The topological polar surface area (TPSA) is 79.4 Å². The van der Waals surface area contributed by atoms with Crippen LogP contribution in [0.5, 0.6) is 0 Å². The maximum Gasteiger partial charge on any atom is 0.266 e. The summed E-state index contributed by atoms with van der Waals surface area (Å²) in [7, 11) is -3.95. The molecule has 1 amide bonds. The van der Waals surface area contributed by atoms with Gasteiger partial charge in [-0.3, -0.25) is 4.79 Å². The molecule has 0 bridgehead atoms. The van der Waals surface area contributed by atoms with Gasteiger partial charge in [-0.25, -0.2) is 17.7 Å². The van der Waals surface area contributed by atoms with E-state index in [0.717, 1.165) is 14.7 Å². The third-order valence-electron chi connectivity index (χ3n) is 4.52. The lowest BCUT2D eigenvalue weighted by molar-refractivity contribution is -0.120. The van der Waals surface area contributed by atoms with Gasteiger partial charge in [0.15, 0.2) is 5.13 Å². The fraction of sp³-hybridized carbons (Fsp3) is 0.0909. The van der Waals surface area contributed by atoms with Crippen LogP contribution in [0.3, 0.4) is 0 Å². The lowest BCUT2D eigenvalue weighted by Gasteiger charge is -2.23. The summed E-state index contributed by atoms with van der Waals surface area (Å²) in [6, 6.07) is 21.1. The van der Waals surface area contributed by atoms with Crippen molar-refractivity contribution in [3.63, 3.8) is 0 Å². The zero-order valence-corrected chi connectivity index (χ0v) is 18.7. The van der Waals surface area contributed by atoms with Crippen molar-refractivity contribution < 1.29 is 13.2 Å². The van der Waals surface area contributed by atoms with Crippen molar-refractivity contribution in [3.05, 3.63) is 100 Å². The van der Waals surface area contributed by atoms with Crippen LogP contribution in [-0.4, -0.2) is 25.9 Å². The fourth-order valence-electron chi connectivity index (χ4n) is 3.07. The molecule has 0 aliphatic rings. The summed E-state index contributed by atoms with van der Waals surface area (Å²) in [4.78, 5) is 18.3. The van der Waals surface area contributed by atoms with Crippen LogP contribution in [0.25, 0.3) is 0 Å². The Morgan fingerprint density at radius 3 is 2.26 bits per heavy atom. The molecule has 0 saturated heterocycles. The van der Waals surface area contributed by atoms with Gasteiger partial charge < -0.3 is 5.32 Å². The first-order valence-corrected chi connectivity index (χ1v) is 12.6. The summed E-state index contributed by atoms with van der Waals surface area (Å²) < 4.78 is 27.6. The predicted molar refractivity (Wildman–Crippen MR) is 124 cm³/mol. The summed E-state index contributed by atoms with van der Waals surface area (Å²) in [5.41, 5.74) is 0.921. The Labute approximate surface area is 188 Å². The van der Waals surface area contributed by atoms with E-state index in [4.69, 9.17) is 0 Å². The van der Waals surface area contributed by atoms with Crippen LogP contribution in [0.15, 0.2) is 94.6 Å². The van der Waals surface area contributed by atoms with E-state index >= 15 is 0 Å². The van der Waals surface area contributed by atoms with Crippen molar-refractivity contribution in [3.8, 4) is 0 Å². The largest absolute Gasteiger partial charge is 0.343 e. The van der Waals surface area contributed by atoms with Gasteiger partial charge in [-0.1, -0.05) is 54.6 Å². The van der Waals surface area contributed by atoms with Gasteiger partial charge in [-0.05, 0) is 29.1 Å². The molecule has 31 heavy (non-hydrogen) atoms. The Kier molecular flexibility index (Phi) is 6.45. The van der Waals surface area contributed by atoms with Crippen LogP contribution in [0.1, 0.15) is 16.5 Å². The number of amides is 1. The van der Waals surface area contributed by atoms with Gasteiger partial charge >= 0.3 is 0 Å². The molecule has 0 radical (unpaired) electrons. The summed E-state index contributed by atoms with van der Waals surface area (Å²) in [5.74, 6) is -0.419. The van der Waals surface area contributed by atoms with Crippen molar-refractivity contribution in [1.82, 2.24) is 10.3 Å². The molecular formula is C22H19N3O3S3. The molecule has 0 saturated carbocycles. The summed E-state index contributed by atoms with van der Waals surface area (Å²) in [6.45, 7) is -0.376. The Morgan fingerprint density at radius 1 is 0.935 bits per heavy atom. The number of rotatable bonds is 8. The molecular weight excluding hydrogens is 450 g/mol. The van der Waals surface area contributed by atoms with Gasteiger partial charge in [-0.2, -0.15) is 0 Å². The number of carbonyl (C=O) groups is 1. The Hall–Kier alpha value is -3.01. The third-order valence-corrected chi connectivity index (χ3v) is 8.11. The van der Waals surface area contributed by atoms with Crippen LogP contribution >= 0.6 is 22.7 Å². The van der Waals surface area contributed by atoms with E-state index < -0.39 is 15.9 Å². The molecule has 0 aliphatic heterocycles. The number of thiazole rings is 1. The highest BCUT2D eigenvalue weighted by Crippen LogP contribution is 2.28. The molecule has 2 aromatic carbocycles. The van der Waals surface area contributed by atoms with E-state index in [0.29, 0.717) is 0 Å². The van der Waals surface area contributed by atoms with E-state index in [1.807, 2.05) is 47.8 Å². The van der Waals surface area contributed by atoms with Crippen molar-refractivity contribution >= 4 is 43.7 Å². The van der Waals surface area contributed by atoms with Crippen molar-refractivity contribution in [2.24, 2.45) is 0 Å². The highest BCUT2D eigenvalue weighted by atomic mass is 32.2. The minimum absolute atomic E-state index is 0.107. The third kappa shape index (κ3) is 4.84. The smallest absolute Gasteiger partial charge is 0.266 e. The quantitative estimate of drug-likeness (QED) is 0.417. The molecule has 0 fully saturated rings. The van der Waals surface area contributed by atoms with Gasteiger partial charge in [-0.15, -0.1) is 22.7 Å². The second-order valence-electron chi connectivity index (χ2n) is 6.57. The molecule has 1 N–H and O–H groups in total. The molecule has 2 heterocycles. The minimum Gasteiger partial charge on any atom is -0.343 e. The van der Waals surface area contributed by atoms with Gasteiger partial charge in [0.1, 0.15) is 6.54 Å². The highest BCUT2D eigenvalue weighted by Gasteiger charge is 2.30. The fourth-order valence-corrected chi connectivity index (χ4v) is 6.14. The maximum atomic E-state index is 13.3. The number of carbonyl (C=O) groups excluding carboxylic acids is 1. The van der Waals surface area contributed by atoms with Gasteiger partial charge in [0.05, 0.1) is 10.9 Å². The minimum atomic E-state index is -3.95. The van der Waals surface area contributed by atoms with Crippen LogP contribution in [0.4, 0.5) is 5.13 Å². The number of thiophene rings is 1. The molecule has 0 spiro atoms. The van der Waals surface area contributed by atoms with Crippen LogP contribution in [-0.2, 0) is 14.8 Å². The first-order chi connectivity index (χ1) is 15.1. The Bertz CT molecular complexity index is 1210. The molecule has 2 aromatic heterocycles. The molecule has 9 heteroatoms. The van der Waals surface area contributed by atoms with Gasteiger partial charge in [0.25, 0.3) is 10.0 Å². The SMILES string of the molecule is O=C(CN(c1nccs1)S(=O)(=O)c1ccccc1)N[C@H](c1ccccc1)c1cccs1. The summed E-state index contributed by atoms with van der Waals surface area (Å²) in [6.07, 6.45) is 1.52. The molecule has 4 aromatic rings. The summed E-state index contributed by atoms with van der Waals surface area (Å²) >= 11 is 2.70. The second kappa shape index (κ2) is 9.42. The van der Waals surface area contributed by atoms with Gasteiger partial charge in [0.2, 0.25) is 5.91 Å². The van der Waals surface area contributed by atoms with Crippen LogP contribution < -0.4 is 9.62 Å². The number of nitrogens with one attached hydrogen (secondary N) is 1. The van der Waals surface area contributed by atoms with E-state index in [-0.39, 0.29) is 22.6 Å². The molecule has 6 nitrogen and oxygen atoms in total. The number of hydrogen-bond donors (Lipinski definition) is 1. The number of anilines is 1. The lowest BCUT2D eigenvalue weighted by atomic mass is 10.1. The summed E-state index contributed by atoms with van der Waals surface area (Å²) in [5, 5.41) is 6.86.